The molecule has 0 unspecified atom stereocenters. The number of aryl methyl sites for hydroxylation is 1. The summed E-state index contributed by atoms with van der Waals surface area (Å²) in [5, 5.41) is 7.09. The predicted molar refractivity (Wildman–Crippen MR) is 95.0 cm³/mol. The van der Waals surface area contributed by atoms with Crippen molar-refractivity contribution < 1.29 is 18.0 Å². The molecule has 138 valence electrons. The number of sulfone groups is 1. The molecule has 1 aromatic heterocycles. The summed E-state index contributed by atoms with van der Waals surface area (Å²) in [5.74, 6) is -0.502. The Bertz CT molecular complexity index is 814. The Morgan fingerprint density at radius 1 is 1.44 bits per heavy atom. The zero-order valence-electron chi connectivity index (χ0n) is 14.3. The number of amides is 2. The largest absolute Gasteiger partial charge is 0.347 e. The van der Waals surface area contributed by atoms with Crippen molar-refractivity contribution in [2.75, 3.05) is 32.1 Å². The number of aromatic nitrogens is 2. The van der Waals surface area contributed by atoms with Crippen molar-refractivity contribution in [2.24, 2.45) is 0 Å². The number of hydrogen-bond donors (Lipinski definition) is 1. The van der Waals surface area contributed by atoms with Crippen LogP contribution in [-0.2, 0) is 19.4 Å². The van der Waals surface area contributed by atoms with E-state index in [1.165, 1.54) is 21.7 Å². The number of likely N-dealkylation sites (N-methyl/N-ethyl adjacent to an activating group) is 1. The summed E-state index contributed by atoms with van der Waals surface area (Å²) >= 11 is 6.32. The predicted octanol–water partition coefficient (Wildman–Crippen LogP) is 0.422. The molecule has 1 atom stereocenters. The molecule has 0 spiro atoms. The number of rotatable bonds is 5. The third kappa shape index (κ3) is 4.82. The van der Waals surface area contributed by atoms with Crippen molar-refractivity contribution in [3.63, 3.8) is 0 Å². The fourth-order valence-electron chi connectivity index (χ4n) is 2.47. The van der Waals surface area contributed by atoms with E-state index in [0.717, 1.165) is 0 Å². The van der Waals surface area contributed by atoms with Gasteiger partial charge in [-0.3, -0.25) is 9.59 Å². The van der Waals surface area contributed by atoms with Crippen LogP contribution in [0, 0.1) is 6.92 Å². The summed E-state index contributed by atoms with van der Waals surface area (Å²) in [4.78, 5) is 24.6. The standard InChI is InChI=1S/C15H21ClN4O4S/c1-10-12(4-5-13(21)17-8-14(22)19(2)3)15(16)20(18-10)11-6-7-25(23,24)9-11/h4-5,11H,6-9H2,1-3H3,(H,17,21)/b5-4+/t11-/m0/s1. The highest BCUT2D eigenvalue weighted by atomic mass is 35.5. The fraction of sp³-hybridized carbons (Fsp3) is 0.533. The molecule has 0 aromatic carbocycles. The molecule has 0 aliphatic carbocycles. The average Bonchev–Trinajstić information content (AvgIpc) is 3.02. The smallest absolute Gasteiger partial charge is 0.244 e. The molecule has 1 aliphatic heterocycles. The number of nitrogens with one attached hydrogen (secondary N) is 1. The quantitative estimate of drug-likeness (QED) is 0.737. The third-order valence-corrected chi connectivity index (χ3v) is 6.07. The van der Waals surface area contributed by atoms with Crippen LogP contribution in [0.4, 0.5) is 0 Å². The van der Waals surface area contributed by atoms with Crippen molar-refractivity contribution in [3.05, 3.63) is 22.5 Å². The second-order valence-electron chi connectivity index (χ2n) is 6.13. The molecule has 0 saturated carbocycles. The van der Waals surface area contributed by atoms with Gasteiger partial charge in [-0.1, -0.05) is 11.6 Å². The van der Waals surface area contributed by atoms with Crippen LogP contribution in [0.3, 0.4) is 0 Å². The lowest BCUT2D eigenvalue weighted by Crippen LogP contribution is -2.35. The summed E-state index contributed by atoms with van der Waals surface area (Å²) in [6.45, 7) is 1.64. The number of hydrogen-bond acceptors (Lipinski definition) is 5. The van der Waals surface area contributed by atoms with Gasteiger partial charge in [0.25, 0.3) is 0 Å². The Kier molecular flexibility index (Phi) is 5.89. The van der Waals surface area contributed by atoms with Crippen LogP contribution in [0.25, 0.3) is 6.08 Å². The van der Waals surface area contributed by atoms with Gasteiger partial charge in [-0.2, -0.15) is 5.10 Å². The molecule has 25 heavy (non-hydrogen) atoms. The summed E-state index contributed by atoms with van der Waals surface area (Å²) in [6, 6.07) is -0.287. The van der Waals surface area contributed by atoms with Crippen LogP contribution >= 0.6 is 11.6 Å². The van der Waals surface area contributed by atoms with E-state index < -0.39 is 15.7 Å². The summed E-state index contributed by atoms with van der Waals surface area (Å²) in [7, 11) is 0.155. The molecule has 2 rings (SSSR count). The van der Waals surface area contributed by atoms with Gasteiger partial charge in [0, 0.05) is 25.7 Å². The van der Waals surface area contributed by atoms with E-state index in [9.17, 15) is 18.0 Å². The molecule has 1 fully saturated rings. The Hall–Kier alpha value is -1.87. The number of carbonyl (C=O) groups is 2. The van der Waals surface area contributed by atoms with Crippen LogP contribution < -0.4 is 5.32 Å². The maximum atomic E-state index is 11.8. The molecule has 1 saturated heterocycles. The lowest BCUT2D eigenvalue weighted by atomic mass is 10.2. The van der Waals surface area contributed by atoms with E-state index in [4.69, 9.17) is 11.6 Å². The van der Waals surface area contributed by atoms with Crippen molar-refractivity contribution in [2.45, 2.75) is 19.4 Å². The molecule has 0 radical (unpaired) electrons. The lowest BCUT2D eigenvalue weighted by molar-refractivity contribution is -0.129. The Balaban J connectivity index is 2.08. The van der Waals surface area contributed by atoms with Crippen molar-refractivity contribution in [3.8, 4) is 0 Å². The lowest BCUT2D eigenvalue weighted by Gasteiger charge is -2.10. The zero-order valence-corrected chi connectivity index (χ0v) is 15.9. The summed E-state index contributed by atoms with van der Waals surface area (Å²) in [5.41, 5.74) is 1.16. The van der Waals surface area contributed by atoms with Crippen LogP contribution in [-0.4, -0.2) is 67.1 Å². The molecule has 1 aliphatic rings. The van der Waals surface area contributed by atoms with E-state index in [1.807, 2.05) is 0 Å². The highest BCUT2D eigenvalue weighted by Crippen LogP contribution is 2.30. The highest BCUT2D eigenvalue weighted by molar-refractivity contribution is 7.91. The molecule has 2 amide bonds. The van der Waals surface area contributed by atoms with Crippen LogP contribution in [0.1, 0.15) is 23.7 Å². The maximum absolute atomic E-state index is 11.8. The normalized spacial score (nSPS) is 19.3. The van der Waals surface area contributed by atoms with Gasteiger partial charge >= 0.3 is 0 Å². The van der Waals surface area contributed by atoms with Crippen molar-refractivity contribution in [1.82, 2.24) is 20.0 Å². The molecule has 8 nitrogen and oxygen atoms in total. The van der Waals surface area contributed by atoms with Crippen LogP contribution in [0.15, 0.2) is 6.08 Å². The first-order valence-corrected chi connectivity index (χ1v) is 9.91. The van der Waals surface area contributed by atoms with Crippen LogP contribution in [0.5, 0.6) is 0 Å². The first-order chi connectivity index (χ1) is 11.6. The summed E-state index contributed by atoms with van der Waals surface area (Å²) < 4.78 is 24.8. The molecular weight excluding hydrogens is 368 g/mol. The third-order valence-electron chi connectivity index (χ3n) is 3.94. The fourth-order valence-corrected chi connectivity index (χ4v) is 4.54. The maximum Gasteiger partial charge on any atom is 0.244 e. The SMILES string of the molecule is Cc1nn([C@H]2CCS(=O)(=O)C2)c(Cl)c1/C=C/C(=O)NCC(=O)N(C)C. The van der Waals surface area contributed by atoms with E-state index in [2.05, 4.69) is 10.4 Å². The first kappa shape index (κ1) is 19.5. The molecule has 10 heteroatoms. The summed E-state index contributed by atoms with van der Waals surface area (Å²) in [6.07, 6.45) is 3.26. The van der Waals surface area contributed by atoms with Gasteiger partial charge in [0.1, 0.15) is 5.15 Å². The van der Waals surface area contributed by atoms with Gasteiger partial charge in [-0.15, -0.1) is 0 Å². The number of nitrogens with zero attached hydrogens (tertiary/aromatic N) is 3. The van der Waals surface area contributed by atoms with Gasteiger partial charge in [0.05, 0.1) is 29.8 Å². The Morgan fingerprint density at radius 3 is 2.68 bits per heavy atom. The topological polar surface area (TPSA) is 101 Å². The molecule has 2 heterocycles. The van der Waals surface area contributed by atoms with Gasteiger partial charge in [0.2, 0.25) is 11.8 Å². The molecule has 1 aromatic rings. The van der Waals surface area contributed by atoms with E-state index >= 15 is 0 Å². The Labute approximate surface area is 151 Å². The average molecular weight is 389 g/mol. The number of halogens is 1. The van der Waals surface area contributed by atoms with Crippen molar-refractivity contribution in [1.29, 1.82) is 0 Å². The minimum atomic E-state index is -3.05. The second-order valence-corrected chi connectivity index (χ2v) is 8.72. The van der Waals surface area contributed by atoms with Gasteiger partial charge < -0.3 is 10.2 Å². The minimum absolute atomic E-state index is 0.0180. The van der Waals surface area contributed by atoms with E-state index in [0.29, 0.717) is 22.8 Å². The minimum Gasteiger partial charge on any atom is -0.347 e. The van der Waals surface area contributed by atoms with Crippen LogP contribution in [0.2, 0.25) is 5.15 Å². The molecule has 0 bridgehead atoms. The van der Waals surface area contributed by atoms with Gasteiger partial charge in [-0.25, -0.2) is 13.1 Å². The van der Waals surface area contributed by atoms with E-state index in [1.54, 1.807) is 21.0 Å². The molecule has 1 N–H and O–H groups in total. The van der Waals surface area contributed by atoms with E-state index in [-0.39, 0.29) is 30.0 Å². The molecular formula is C15H21ClN4O4S. The van der Waals surface area contributed by atoms with Gasteiger partial charge in [-0.05, 0) is 19.4 Å². The zero-order chi connectivity index (χ0) is 18.8. The highest BCUT2D eigenvalue weighted by Gasteiger charge is 2.31. The van der Waals surface area contributed by atoms with Crippen molar-refractivity contribution >= 4 is 39.3 Å². The number of carbonyl (C=O) groups excluding carboxylic acids is 2. The first-order valence-electron chi connectivity index (χ1n) is 7.72. The second kappa shape index (κ2) is 7.57. The van der Waals surface area contributed by atoms with Gasteiger partial charge in [0.15, 0.2) is 9.84 Å². The Morgan fingerprint density at radius 2 is 2.12 bits per heavy atom. The monoisotopic (exact) mass is 388 g/mol.